The summed E-state index contributed by atoms with van der Waals surface area (Å²) >= 11 is 29.0. The third-order valence-electron chi connectivity index (χ3n) is 21.1. The van der Waals surface area contributed by atoms with Crippen LogP contribution in [0.1, 0.15) is 182 Å². The van der Waals surface area contributed by atoms with Crippen LogP contribution in [0.5, 0.6) is 34.5 Å². The number of fused-ring (bicyclic) bond motifs is 1. The number of rotatable bonds is 34. The molecule has 0 bridgehead atoms. The summed E-state index contributed by atoms with van der Waals surface area (Å²) in [6.07, 6.45) is 29.1. The van der Waals surface area contributed by atoms with Crippen LogP contribution in [0, 0.1) is 41.4 Å². The molecular weight excluding hydrogens is 1820 g/mol. The number of aliphatic carboxylic acids is 1. The number of aliphatic hydroxyl groups is 3. The number of carboxylic acids is 1. The molecule has 0 unspecified atom stereocenters. The van der Waals surface area contributed by atoms with E-state index in [0.717, 1.165) is 91.2 Å². The van der Waals surface area contributed by atoms with Gasteiger partial charge in [0.2, 0.25) is 30.4 Å². The first-order valence-electron chi connectivity index (χ1n) is 41.9. The first-order valence-corrected chi connectivity index (χ1v) is 46.6. The number of methoxy groups -OCH3 is 4. The normalized spacial score (nSPS) is 16.8. The number of hydrogen-bond acceptors (Lipinski definition) is 31. The average molecular weight is 1960 g/mol. The lowest BCUT2D eigenvalue weighted by molar-refractivity contribution is -0.143. The largest absolute Gasteiger partial charge is 0.503 e. The van der Waals surface area contributed by atoms with Gasteiger partial charge in [-0.15, -0.1) is 0 Å². The maximum absolute atomic E-state index is 11.6. The van der Waals surface area contributed by atoms with Crippen LogP contribution in [-0.4, -0.2) is 225 Å². The number of benzene rings is 2. The Kier molecular flexibility index (Phi) is 51.6. The van der Waals surface area contributed by atoms with Crippen LogP contribution in [0.2, 0.25) is 26.3 Å². The number of carbonyl (C=O) groups is 4. The molecule has 0 spiro atoms. The number of nitrogens with one attached hydrogen (secondary N) is 2. The van der Waals surface area contributed by atoms with Crippen LogP contribution in [0.3, 0.4) is 0 Å². The second kappa shape index (κ2) is 58.5. The number of amides is 1. The third-order valence-corrected chi connectivity index (χ3v) is 22.1. The summed E-state index contributed by atoms with van der Waals surface area (Å²) in [5.41, 5.74) is 12.2. The second-order valence-electron chi connectivity index (χ2n) is 32.9. The van der Waals surface area contributed by atoms with Crippen LogP contribution in [0.25, 0.3) is 0 Å². The molecule has 0 saturated heterocycles. The molecule has 2 aromatic carbocycles. The molecule has 5 heterocycles. The number of alkyl carbamates (subject to hydrolysis) is 1. The molecule has 7 atom stereocenters. The van der Waals surface area contributed by atoms with Gasteiger partial charge in [0, 0.05) is 48.5 Å². The molecule has 7 saturated carbocycles. The number of aliphatic hydroxyl groups excluding tert-OH is 3. The van der Waals surface area contributed by atoms with Gasteiger partial charge >= 0.3 is 24.0 Å². The van der Waals surface area contributed by atoms with Gasteiger partial charge < -0.3 is 100 Å². The van der Waals surface area contributed by atoms with Crippen LogP contribution >= 0.6 is 79.4 Å². The molecule has 1 aliphatic heterocycles. The highest BCUT2D eigenvalue weighted by Gasteiger charge is 2.36. The molecule has 4 aromatic heterocycles. The molecule has 6 aromatic rings. The van der Waals surface area contributed by atoms with Gasteiger partial charge in [0.1, 0.15) is 55.0 Å². The zero-order valence-electron chi connectivity index (χ0n) is 73.3. The Labute approximate surface area is 789 Å². The van der Waals surface area contributed by atoms with E-state index in [-0.39, 0.29) is 84.8 Å². The van der Waals surface area contributed by atoms with Crippen LogP contribution in [-0.2, 0) is 51.0 Å². The minimum atomic E-state index is -1.67. The maximum Gasteiger partial charge on any atom is 0.408 e. The van der Waals surface area contributed by atoms with Crippen molar-refractivity contribution < 1.29 is 86.8 Å². The van der Waals surface area contributed by atoms with E-state index in [1.54, 1.807) is 59.3 Å². The van der Waals surface area contributed by atoms with E-state index in [1.807, 2.05) is 67.5 Å². The molecule has 14 rings (SSSR count). The van der Waals surface area contributed by atoms with E-state index < -0.39 is 51.0 Å². The summed E-state index contributed by atoms with van der Waals surface area (Å²) in [5, 5.41) is 52.4. The van der Waals surface area contributed by atoms with E-state index >= 15 is 0 Å². The molecule has 128 heavy (non-hydrogen) atoms. The molecule has 7 aliphatic carbocycles. The number of aromatic hydroxyl groups is 1. The molecule has 718 valence electrons. The summed E-state index contributed by atoms with van der Waals surface area (Å²) in [6.45, 7) is 7.19. The Morgan fingerprint density at radius 1 is 0.570 bits per heavy atom. The number of nitrogens with two attached hydrogens (primary N) is 2. The van der Waals surface area contributed by atoms with Crippen molar-refractivity contribution in [3.8, 4) is 34.5 Å². The number of esters is 2. The quantitative estimate of drug-likeness (QED) is 0.00595. The van der Waals surface area contributed by atoms with E-state index in [4.69, 9.17) is 112 Å². The van der Waals surface area contributed by atoms with Gasteiger partial charge in [0.05, 0.1) is 91.2 Å². The van der Waals surface area contributed by atoms with Gasteiger partial charge in [-0.1, -0.05) is 141 Å². The Hall–Kier alpha value is -7.42. The third kappa shape index (κ3) is 45.6. The summed E-state index contributed by atoms with van der Waals surface area (Å²) in [7, 11) is 21.0. The Bertz CT molecular complexity index is 4270. The molecule has 7 fully saturated rings. The van der Waals surface area contributed by atoms with Crippen molar-refractivity contribution in [1.29, 1.82) is 0 Å². The summed E-state index contributed by atoms with van der Waals surface area (Å²) in [4.78, 5) is 81.6. The number of carboxylic acid groups (broad SMARTS) is 1. The smallest absolute Gasteiger partial charge is 0.408 e. The minimum Gasteiger partial charge on any atom is -0.503 e. The fourth-order valence-corrected chi connectivity index (χ4v) is 13.2. The molecular formula is C87H132Cl7N15O18S. The van der Waals surface area contributed by atoms with E-state index in [0.29, 0.717) is 90.9 Å². The number of anilines is 3. The number of nitrogens with zero attached hydrogens (tertiary/aromatic N) is 11. The SMILES string of the molecule is C.C.CN(c1nc(Cl)ncc1O)[C@H](CO)CC1CC1.CN1c2nc(Cl)ncc2OC[C@@H]1CC1CC1.CN[C@H](CO)CC1CC1.COC(=O)[C@@H](N)CC1CC1.COC(=O)[C@H](CC1CC1)NC(=O)OC(C)(C)C.COc1ccc(COc2cnc(Cl)nc2Cl)cc1.COc1ccc(COc2cnc(Cl)nc2N(C)[C@H](CO)CC2CC2)cc1.N[C@@H](CC1CC1)C(=O)O.O=S(Cl)Cl. The lowest BCUT2D eigenvalue weighted by Gasteiger charge is -2.34. The molecule has 0 radical (unpaired) electrons. The number of halogens is 7. The zero-order chi connectivity index (χ0) is 92.7. The van der Waals surface area contributed by atoms with Crippen molar-refractivity contribution in [2.45, 2.75) is 232 Å². The first-order chi connectivity index (χ1) is 60.0. The second-order valence-corrected chi connectivity index (χ2v) is 37.2. The fraction of sp³-hybridized carbons (Fsp3) is 0.632. The van der Waals surface area contributed by atoms with Crippen molar-refractivity contribution in [1.82, 2.24) is 50.5 Å². The molecule has 1 amide bonds. The molecule has 8 aliphatic rings. The molecule has 41 heteroatoms. The standard InChI is InChI=1S/C19H24ClN3O3.C12H10Cl2N2O2.C12H21NO4.C11H16ClN3O2.C11H14ClN3O.C7H13NO2.C7H15NO.C6H11NO2.2CH4.Cl2OS/c1-23(15(11-24)9-13-3-4-13)18-17(10-21-19(20)22-18)26-12-14-5-7-16(25-2)8-6-14;1-17-9-4-2-8(3-5-9)7-18-10-6-15-12(14)16-11(10)13;1-12(2,3)17-11(15)13-9(10(14)16-4)7-8-5-6-8;1-15(8(6-16)4-7-2-3-7)10-9(17)5-13-11(12)14-10;1-15-8(4-7-2-3-7)6-16-9-5-13-11(12)14-10(9)15;1-10-7(9)6(8)4-5-2-3-5;1-8-7(5-9)4-6-2-3-6;7-5(6(8)9)3-4-1-2-4;;;1-4(2)3/h5-8,10,13,15,24H,3-4,9,11-12H2,1-2H3;2-6H,7H2,1H3;8-9H,5-7H2,1-4H3,(H,13,15);5,7-8,16-17H,2-4,6H2,1H3;5,7-8H,2-4,6H2,1H3;5-6H,2-4,8H2,1H3;6-9H,2-5H2,1H3;4-5H,1-3,7H2,(H,8,9);2*1H4;/t15-;;9-;2*8-;6-;7-;5-;;;/m0.000000.../s1. The summed E-state index contributed by atoms with van der Waals surface area (Å²) in [6, 6.07) is 14.3. The lowest BCUT2D eigenvalue weighted by Crippen LogP contribution is -2.44. The topological polar surface area (TPSA) is 449 Å². The number of hydrogen-bond donors (Lipinski definition) is 9. The monoisotopic (exact) mass is 1950 g/mol. The van der Waals surface area contributed by atoms with Gasteiger partial charge in [-0.3, -0.25) is 9.59 Å². The van der Waals surface area contributed by atoms with E-state index in [2.05, 4.69) is 93.3 Å². The van der Waals surface area contributed by atoms with E-state index in [1.165, 1.54) is 110 Å². The van der Waals surface area contributed by atoms with E-state index in [9.17, 15) is 34.5 Å². The van der Waals surface area contributed by atoms with Crippen molar-refractivity contribution >= 4 is 130 Å². The van der Waals surface area contributed by atoms with Gasteiger partial charge in [-0.05, 0) is 196 Å². The van der Waals surface area contributed by atoms with Crippen LogP contribution in [0.4, 0.5) is 22.2 Å². The lowest BCUT2D eigenvalue weighted by atomic mass is 10.1. The number of likely N-dealkylation sites (N-methyl/N-ethyl adjacent to an activating group) is 4. The minimum absolute atomic E-state index is 0. The van der Waals surface area contributed by atoms with Crippen molar-refractivity contribution in [2.24, 2.45) is 52.9 Å². The Morgan fingerprint density at radius 2 is 0.977 bits per heavy atom. The van der Waals surface area contributed by atoms with Gasteiger partial charge in [-0.25, -0.2) is 38.7 Å². The first kappa shape index (κ1) is 113. The number of aromatic nitrogens is 8. The summed E-state index contributed by atoms with van der Waals surface area (Å²) < 4.78 is 50.7. The van der Waals surface area contributed by atoms with Crippen LogP contribution in [0.15, 0.2) is 73.3 Å². The highest BCUT2D eigenvalue weighted by Crippen LogP contribution is 2.42. The zero-order valence-corrected chi connectivity index (χ0v) is 79.4. The molecule has 11 N–H and O–H groups in total. The predicted molar refractivity (Wildman–Crippen MR) is 501 cm³/mol. The Balaban J connectivity index is 0.000000310. The van der Waals surface area contributed by atoms with Crippen LogP contribution < -0.4 is 60.5 Å². The maximum atomic E-state index is 11.6. The Morgan fingerprint density at radius 3 is 1.41 bits per heavy atom. The number of ether oxygens (including phenoxy) is 8. The highest BCUT2D eigenvalue weighted by molar-refractivity contribution is 8.26. The van der Waals surface area contributed by atoms with Crippen molar-refractivity contribution in [3.05, 3.63) is 111 Å². The average Bonchev–Trinajstić information content (AvgIpc) is 1.65. The van der Waals surface area contributed by atoms with Gasteiger partial charge in [-0.2, -0.15) is 15.0 Å². The van der Waals surface area contributed by atoms with Crippen molar-refractivity contribution in [3.63, 3.8) is 0 Å². The molecule has 33 nitrogen and oxygen atoms in total. The number of carbonyl (C=O) groups excluding carboxylic acids is 3. The fourth-order valence-electron chi connectivity index (χ4n) is 12.5. The predicted octanol–water partition coefficient (Wildman–Crippen LogP) is 15.3. The highest BCUT2D eigenvalue weighted by atomic mass is 36.0. The van der Waals surface area contributed by atoms with Crippen molar-refractivity contribution in [2.75, 3.05) is 97.8 Å². The van der Waals surface area contributed by atoms with Gasteiger partial charge in [0.25, 0.3) is 0 Å². The van der Waals surface area contributed by atoms with Gasteiger partial charge in [0.15, 0.2) is 45.6 Å². The summed E-state index contributed by atoms with van der Waals surface area (Å²) in [5.74, 6) is 8.45.